The van der Waals surface area contributed by atoms with Crippen LogP contribution >= 0.6 is 12.2 Å². The zero-order chi connectivity index (χ0) is 12.2. The van der Waals surface area contributed by atoms with Crippen LogP contribution in [-0.4, -0.2) is 57.2 Å². The van der Waals surface area contributed by atoms with Gasteiger partial charge in [0.25, 0.3) is 5.17 Å². The number of hydrogen-bond donors (Lipinski definition) is 1. The third-order valence-corrected chi connectivity index (χ3v) is 3.64. The summed E-state index contributed by atoms with van der Waals surface area (Å²) in [7, 11) is 0.919. The van der Waals surface area contributed by atoms with Crippen LogP contribution in [0.5, 0.6) is 0 Å². The van der Waals surface area contributed by atoms with E-state index in [4.69, 9.17) is 17.0 Å². The van der Waals surface area contributed by atoms with E-state index < -0.39 is 9.84 Å². The summed E-state index contributed by atoms with van der Waals surface area (Å²) in [6, 6.07) is 0. The van der Waals surface area contributed by atoms with Crippen molar-refractivity contribution in [2.75, 3.05) is 38.8 Å². The molecule has 0 bridgehead atoms. The molecular formula is C9H16N2O3S2. The predicted octanol–water partition coefficient (Wildman–Crippen LogP) is -0.249. The standard InChI is InChI=1S/C9H16N2O3S2/c1-11(2)4-5-14-9(15)10-8-3-6-16(12,13)7-8/h3H,4-7H2,1-2H3,(H,10,15). The Morgan fingerprint density at radius 1 is 1.62 bits per heavy atom. The van der Waals surface area contributed by atoms with Crippen molar-refractivity contribution in [2.45, 2.75) is 0 Å². The van der Waals surface area contributed by atoms with Gasteiger partial charge in [-0.25, -0.2) is 8.42 Å². The van der Waals surface area contributed by atoms with Crippen LogP contribution in [0.3, 0.4) is 0 Å². The van der Waals surface area contributed by atoms with E-state index in [1.165, 1.54) is 0 Å². The Labute approximate surface area is 101 Å². The molecule has 1 aliphatic rings. The zero-order valence-electron chi connectivity index (χ0n) is 9.39. The zero-order valence-corrected chi connectivity index (χ0v) is 11.0. The monoisotopic (exact) mass is 264 g/mol. The molecule has 5 nitrogen and oxygen atoms in total. The van der Waals surface area contributed by atoms with Crippen molar-refractivity contribution in [1.29, 1.82) is 0 Å². The maximum Gasteiger partial charge on any atom is 0.260 e. The Hall–Kier alpha value is -0.660. The lowest BCUT2D eigenvalue weighted by atomic mass is 10.5. The van der Waals surface area contributed by atoms with Crippen molar-refractivity contribution in [1.82, 2.24) is 10.2 Å². The van der Waals surface area contributed by atoms with Gasteiger partial charge in [0.1, 0.15) is 6.61 Å². The Balaban J connectivity index is 2.26. The Bertz CT molecular complexity index is 388. The molecule has 0 aromatic carbocycles. The molecule has 0 saturated carbocycles. The van der Waals surface area contributed by atoms with Gasteiger partial charge in [-0.3, -0.25) is 0 Å². The minimum Gasteiger partial charge on any atom is -0.469 e. The van der Waals surface area contributed by atoms with Crippen molar-refractivity contribution in [3.8, 4) is 0 Å². The fourth-order valence-electron chi connectivity index (χ4n) is 1.16. The van der Waals surface area contributed by atoms with Crippen molar-refractivity contribution in [3.05, 3.63) is 11.8 Å². The SMILES string of the molecule is CN(C)CCOC(=S)NC1=CCS(=O)(=O)C1. The first-order valence-electron chi connectivity index (χ1n) is 4.87. The second-order valence-electron chi connectivity index (χ2n) is 3.85. The minimum atomic E-state index is -2.95. The Morgan fingerprint density at radius 2 is 2.31 bits per heavy atom. The lowest BCUT2D eigenvalue weighted by Gasteiger charge is -2.12. The summed E-state index contributed by atoms with van der Waals surface area (Å²) in [5.41, 5.74) is 0.606. The third-order valence-electron chi connectivity index (χ3n) is 1.99. The molecule has 0 radical (unpaired) electrons. The molecule has 92 valence electrons. The van der Waals surface area contributed by atoms with Gasteiger partial charge in [0.05, 0.1) is 11.5 Å². The van der Waals surface area contributed by atoms with Gasteiger partial charge in [0.15, 0.2) is 9.84 Å². The molecule has 7 heteroatoms. The number of thiocarbonyl (C=S) groups is 1. The molecular weight excluding hydrogens is 248 g/mol. The summed E-state index contributed by atoms with van der Waals surface area (Å²) < 4.78 is 27.5. The average molecular weight is 264 g/mol. The number of nitrogens with one attached hydrogen (secondary N) is 1. The maximum atomic E-state index is 11.1. The highest BCUT2D eigenvalue weighted by Gasteiger charge is 2.20. The molecule has 0 spiro atoms. The molecule has 0 saturated heterocycles. The van der Waals surface area contributed by atoms with Crippen molar-refractivity contribution in [3.63, 3.8) is 0 Å². The van der Waals surface area contributed by atoms with Gasteiger partial charge in [-0.15, -0.1) is 0 Å². The van der Waals surface area contributed by atoms with Crippen LogP contribution in [0.1, 0.15) is 0 Å². The van der Waals surface area contributed by atoms with Crippen LogP contribution in [0.2, 0.25) is 0 Å². The normalized spacial score (nSPS) is 18.3. The second-order valence-corrected chi connectivity index (χ2v) is 6.33. The largest absolute Gasteiger partial charge is 0.469 e. The van der Waals surface area contributed by atoms with Gasteiger partial charge in [-0.1, -0.05) is 0 Å². The van der Waals surface area contributed by atoms with E-state index in [9.17, 15) is 8.42 Å². The van der Waals surface area contributed by atoms with E-state index in [0.717, 1.165) is 6.54 Å². The molecule has 16 heavy (non-hydrogen) atoms. The molecule has 1 rings (SSSR count). The van der Waals surface area contributed by atoms with E-state index in [1.807, 2.05) is 19.0 Å². The third kappa shape index (κ3) is 4.91. The van der Waals surface area contributed by atoms with Crippen molar-refractivity contribution >= 4 is 27.2 Å². The van der Waals surface area contributed by atoms with Crippen molar-refractivity contribution in [2.24, 2.45) is 0 Å². The minimum absolute atomic E-state index is 0.0180. The number of rotatable bonds is 4. The van der Waals surface area contributed by atoms with E-state index in [1.54, 1.807) is 6.08 Å². The van der Waals surface area contributed by atoms with E-state index in [0.29, 0.717) is 12.3 Å². The van der Waals surface area contributed by atoms with Gasteiger partial charge in [0.2, 0.25) is 0 Å². The van der Waals surface area contributed by atoms with E-state index in [-0.39, 0.29) is 16.7 Å². The topological polar surface area (TPSA) is 58.6 Å². The summed E-state index contributed by atoms with van der Waals surface area (Å²) in [5.74, 6) is 0.0970. The summed E-state index contributed by atoms with van der Waals surface area (Å²) in [6.45, 7) is 1.25. The lowest BCUT2D eigenvalue weighted by molar-refractivity contribution is 0.250. The van der Waals surface area contributed by atoms with Crippen molar-refractivity contribution < 1.29 is 13.2 Å². The second kappa shape index (κ2) is 5.60. The number of ether oxygens (including phenoxy) is 1. The Kier molecular flexibility index (Phi) is 4.69. The first-order chi connectivity index (χ1) is 7.39. The summed E-state index contributed by atoms with van der Waals surface area (Å²) >= 11 is 4.93. The summed E-state index contributed by atoms with van der Waals surface area (Å²) in [5, 5.41) is 3.01. The maximum absolute atomic E-state index is 11.1. The number of sulfone groups is 1. The highest BCUT2D eigenvalue weighted by molar-refractivity contribution is 7.92. The van der Waals surface area contributed by atoms with Gasteiger partial charge in [0, 0.05) is 12.2 Å². The quantitative estimate of drug-likeness (QED) is 0.707. The fourth-order valence-corrected chi connectivity index (χ4v) is 2.61. The van der Waals surface area contributed by atoms with Crippen LogP contribution in [0.25, 0.3) is 0 Å². The van der Waals surface area contributed by atoms with E-state index >= 15 is 0 Å². The molecule has 1 N–H and O–H groups in total. The molecule has 0 unspecified atom stereocenters. The first kappa shape index (κ1) is 13.4. The number of likely N-dealkylation sites (N-methyl/N-ethyl adjacent to an activating group) is 1. The average Bonchev–Trinajstić information content (AvgIpc) is 2.44. The fraction of sp³-hybridized carbons (Fsp3) is 0.667. The smallest absolute Gasteiger partial charge is 0.260 e. The van der Waals surface area contributed by atoms with Gasteiger partial charge in [-0.2, -0.15) is 0 Å². The van der Waals surface area contributed by atoms with Crippen LogP contribution in [0.4, 0.5) is 0 Å². The molecule has 0 aromatic heterocycles. The van der Waals surface area contributed by atoms with Crippen LogP contribution < -0.4 is 5.32 Å². The van der Waals surface area contributed by atoms with Crippen LogP contribution in [-0.2, 0) is 14.6 Å². The Morgan fingerprint density at radius 3 is 2.81 bits per heavy atom. The number of hydrogen-bond acceptors (Lipinski definition) is 5. The molecule has 0 aliphatic carbocycles. The molecule has 1 heterocycles. The first-order valence-corrected chi connectivity index (χ1v) is 7.10. The van der Waals surface area contributed by atoms with Crippen LogP contribution in [0.15, 0.2) is 11.8 Å². The summed E-state index contributed by atoms with van der Waals surface area (Å²) in [6.07, 6.45) is 1.62. The molecule has 0 amide bonds. The molecule has 0 atom stereocenters. The van der Waals surface area contributed by atoms with Gasteiger partial charge in [-0.05, 0) is 32.4 Å². The summed E-state index contributed by atoms with van der Waals surface area (Å²) in [4.78, 5) is 1.97. The highest BCUT2D eigenvalue weighted by Crippen LogP contribution is 2.08. The molecule has 0 aromatic rings. The van der Waals surface area contributed by atoms with Gasteiger partial charge >= 0.3 is 0 Å². The highest BCUT2D eigenvalue weighted by atomic mass is 32.2. The number of nitrogens with zero attached hydrogens (tertiary/aromatic N) is 1. The molecule has 0 fully saturated rings. The van der Waals surface area contributed by atoms with Gasteiger partial charge < -0.3 is 15.0 Å². The lowest BCUT2D eigenvalue weighted by Crippen LogP contribution is -2.28. The predicted molar refractivity (Wildman–Crippen MR) is 67.0 cm³/mol. The van der Waals surface area contributed by atoms with E-state index in [2.05, 4.69) is 5.32 Å². The van der Waals surface area contributed by atoms with Crippen LogP contribution in [0, 0.1) is 0 Å². The molecule has 1 aliphatic heterocycles.